The van der Waals surface area contributed by atoms with Crippen LogP contribution in [0.1, 0.15) is 28.2 Å². The third kappa shape index (κ3) is 3.88. The number of aromatic nitrogens is 1. The highest BCUT2D eigenvalue weighted by atomic mass is 35.5. The molecule has 0 aliphatic carbocycles. The first kappa shape index (κ1) is 19.1. The lowest BCUT2D eigenvalue weighted by atomic mass is 9.92. The van der Waals surface area contributed by atoms with Crippen LogP contribution in [0.4, 0.5) is 0 Å². The molecule has 1 N–H and O–H groups in total. The van der Waals surface area contributed by atoms with Crippen LogP contribution < -0.4 is 5.32 Å². The van der Waals surface area contributed by atoms with Gasteiger partial charge in [0.15, 0.2) is 0 Å². The molecular weight excluding hydrogens is 397 g/mol. The second-order valence-corrected chi connectivity index (χ2v) is 9.30. The van der Waals surface area contributed by atoms with Gasteiger partial charge in [0, 0.05) is 13.1 Å². The number of thiophene rings is 1. The second-order valence-electron chi connectivity index (χ2n) is 6.59. The Labute approximate surface area is 167 Å². The summed E-state index contributed by atoms with van der Waals surface area (Å²) in [6.45, 7) is 5.86. The highest BCUT2D eigenvalue weighted by Crippen LogP contribution is 2.36. The number of aryl methyl sites for hydroxylation is 1. The van der Waals surface area contributed by atoms with Gasteiger partial charge in [-0.15, -0.1) is 35.1 Å². The number of carbonyl (C=O) groups is 1. The van der Waals surface area contributed by atoms with E-state index >= 15 is 0 Å². The monoisotopic (exact) mass is 417 g/mol. The van der Waals surface area contributed by atoms with Crippen LogP contribution in [-0.4, -0.2) is 42.0 Å². The number of rotatable bonds is 2. The predicted octanol–water partition coefficient (Wildman–Crippen LogP) is 4.33. The number of nitrogens with zero attached hydrogens (tertiary/aromatic N) is 2. The van der Waals surface area contributed by atoms with Gasteiger partial charge in [-0.1, -0.05) is 11.6 Å². The second kappa shape index (κ2) is 7.92. The first-order valence-electron chi connectivity index (χ1n) is 8.35. The molecule has 2 aromatic heterocycles. The van der Waals surface area contributed by atoms with Gasteiger partial charge in [-0.3, -0.25) is 4.79 Å². The Morgan fingerprint density at radius 1 is 1.24 bits per heavy atom. The summed E-state index contributed by atoms with van der Waals surface area (Å²) >= 11 is 9.02. The molecule has 0 saturated carbocycles. The van der Waals surface area contributed by atoms with Gasteiger partial charge in [-0.25, -0.2) is 4.98 Å². The van der Waals surface area contributed by atoms with Gasteiger partial charge in [0.05, 0.1) is 14.9 Å². The van der Waals surface area contributed by atoms with E-state index in [1.165, 1.54) is 22.7 Å². The molecule has 2 atom stereocenters. The van der Waals surface area contributed by atoms with Crippen LogP contribution in [-0.2, 0) is 0 Å². The van der Waals surface area contributed by atoms with Crippen molar-refractivity contribution in [3.8, 4) is 9.88 Å². The molecule has 0 radical (unpaired) electrons. The SMILES string of the molecule is Cc1nc(-c2ccc(Cl)s2)sc1C(=O)N1CC[C@@H]2CNC[C@@H]2CC1.Cl. The largest absolute Gasteiger partial charge is 0.338 e. The van der Waals surface area contributed by atoms with Gasteiger partial charge in [-0.05, 0) is 56.8 Å². The summed E-state index contributed by atoms with van der Waals surface area (Å²) in [7, 11) is 0. The van der Waals surface area contributed by atoms with Crippen LogP contribution in [0, 0.1) is 18.8 Å². The summed E-state index contributed by atoms with van der Waals surface area (Å²) < 4.78 is 0.749. The Morgan fingerprint density at radius 2 is 1.92 bits per heavy atom. The summed E-state index contributed by atoms with van der Waals surface area (Å²) in [4.78, 5) is 21.4. The van der Waals surface area contributed by atoms with Crippen LogP contribution in [0.3, 0.4) is 0 Å². The highest BCUT2D eigenvalue weighted by molar-refractivity contribution is 7.24. The van der Waals surface area contributed by atoms with E-state index in [4.69, 9.17) is 11.6 Å². The number of hydrogen-bond acceptors (Lipinski definition) is 5. The first-order valence-corrected chi connectivity index (χ1v) is 10.4. The third-order valence-corrected chi connectivity index (χ3v) is 7.63. The van der Waals surface area contributed by atoms with E-state index in [-0.39, 0.29) is 18.3 Å². The number of nitrogens with one attached hydrogen (secondary N) is 1. The summed E-state index contributed by atoms with van der Waals surface area (Å²) in [5.74, 6) is 1.61. The molecule has 2 fully saturated rings. The lowest BCUT2D eigenvalue weighted by Gasteiger charge is -2.20. The Hall–Kier alpha value is -0.660. The predicted molar refractivity (Wildman–Crippen MR) is 107 cm³/mol. The van der Waals surface area contributed by atoms with Crippen molar-refractivity contribution in [2.45, 2.75) is 19.8 Å². The molecule has 0 bridgehead atoms. The fraction of sp³-hybridized carbons (Fsp3) is 0.529. The molecule has 4 heterocycles. The Morgan fingerprint density at radius 3 is 2.52 bits per heavy atom. The smallest absolute Gasteiger partial charge is 0.265 e. The van der Waals surface area contributed by atoms with E-state index in [2.05, 4.69) is 10.3 Å². The molecule has 0 spiro atoms. The lowest BCUT2D eigenvalue weighted by molar-refractivity contribution is 0.0762. The van der Waals surface area contributed by atoms with Crippen molar-refractivity contribution in [3.63, 3.8) is 0 Å². The van der Waals surface area contributed by atoms with Gasteiger partial charge in [0.25, 0.3) is 5.91 Å². The van der Waals surface area contributed by atoms with Crippen molar-refractivity contribution in [2.24, 2.45) is 11.8 Å². The average molecular weight is 418 g/mol. The highest BCUT2D eigenvalue weighted by Gasteiger charge is 2.32. The van der Waals surface area contributed by atoms with E-state index in [9.17, 15) is 4.79 Å². The van der Waals surface area contributed by atoms with Gasteiger partial charge in [-0.2, -0.15) is 0 Å². The van der Waals surface area contributed by atoms with E-state index < -0.39 is 0 Å². The van der Waals surface area contributed by atoms with Gasteiger partial charge >= 0.3 is 0 Å². The molecule has 0 unspecified atom stereocenters. The quantitative estimate of drug-likeness (QED) is 0.790. The molecular formula is C17H21Cl2N3OS2. The minimum atomic E-state index is 0. The number of fused-ring (bicyclic) bond motifs is 1. The van der Waals surface area contributed by atoms with E-state index in [0.717, 1.165) is 75.6 Å². The molecule has 136 valence electrons. The number of halogens is 2. The molecule has 8 heteroatoms. The van der Waals surface area contributed by atoms with Crippen molar-refractivity contribution in [1.82, 2.24) is 15.2 Å². The molecule has 2 aliphatic heterocycles. The maximum atomic E-state index is 13.0. The molecule has 2 aliphatic rings. The van der Waals surface area contributed by atoms with Crippen molar-refractivity contribution in [3.05, 3.63) is 27.0 Å². The number of thiazole rings is 1. The van der Waals surface area contributed by atoms with Gasteiger partial charge in [0.2, 0.25) is 0 Å². The molecule has 25 heavy (non-hydrogen) atoms. The number of hydrogen-bond donors (Lipinski definition) is 1. The van der Waals surface area contributed by atoms with E-state index in [0.29, 0.717) is 0 Å². The van der Waals surface area contributed by atoms with Crippen LogP contribution >= 0.6 is 46.7 Å². The fourth-order valence-corrected chi connectivity index (χ4v) is 5.83. The van der Waals surface area contributed by atoms with Crippen LogP contribution in [0.5, 0.6) is 0 Å². The first-order chi connectivity index (χ1) is 11.6. The molecule has 2 saturated heterocycles. The molecule has 0 aromatic carbocycles. The normalized spacial score (nSPS) is 23.0. The molecule has 2 aromatic rings. The number of amides is 1. The van der Waals surface area contributed by atoms with E-state index in [1.54, 1.807) is 0 Å². The standard InChI is InChI=1S/C17H20ClN3OS2.ClH/c1-10-15(24-16(20-10)13-2-3-14(18)23-13)17(22)21-6-4-11-8-19-9-12(11)5-7-21;/h2-3,11-12,19H,4-9H2,1H3;1H/t11-,12+;. The summed E-state index contributed by atoms with van der Waals surface area (Å²) in [6, 6.07) is 3.85. The minimum absolute atomic E-state index is 0. The van der Waals surface area contributed by atoms with Crippen molar-refractivity contribution in [1.29, 1.82) is 0 Å². The summed E-state index contributed by atoms with van der Waals surface area (Å²) in [5.41, 5.74) is 0.829. The average Bonchev–Trinajstić information content (AvgIpc) is 3.25. The third-order valence-electron chi connectivity index (χ3n) is 5.08. The maximum Gasteiger partial charge on any atom is 0.265 e. The number of carbonyl (C=O) groups excluding carboxylic acids is 1. The molecule has 1 amide bonds. The van der Waals surface area contributed by atoms with Gasteiger partial charge < -0.3 is 10.2 Å². The maximum absolute atomic E-state index is 13.0. The summed E-state index contributed by atoms with van der Waals surface area (Å²) in [5, 5.41) is 4.37. The van der Waals surface area contributed by atoms with Crippen LogP contribution in [0.2, 0.25) is 4.34 Å². The Balaban J connectivity index is 0.00000182. The van der Waals surface area contributed by atoms with Crippen LogP contribution in [0.25, 0.3) is 9.88 Å². The van der Waals surface area contributed by atoms with Crippen molar-refractivity contribution >= 4 is 52.6 Å². The van der Waals surface area contributed by atoms with Crippen molar-refractivity contribution in [2.75, 3.05) is 26.2 Å². The minimum Gasteiger partial charge on any atom is -0.338 e. The van der Waals surface area contributed by atoms with Gasteiger partial charge in [0.1, 0.15) is 9.88 Å². The van der Waals surface area contributed by atoms with E-state index in [1.807, 2.05) is 24.0 Å². The topological polar surface area (TPSA) is 45.2 Å². The summed E-state index contributed by atoms with van der Waals surface area (Å²) in [6.07, 6.45) is 2.21. The van der Waals surface area contributed by atoms with Crippen molar-refractivity contribution < 1.29 is 4.79 Å². The number of likely N-dealkylation sites (tertiary alicyclic amines) is 1. The Bertz CT molecular complexity index is 747. The zero-order valence-electron chi connectivity index (χ0n) is 14.0. The molecule has 4 nitrogen and oxygen atoms in total. The fourth-order valence-electron chi connectivity index (χ4n) is 3.69. The Kier molecular flexibility index (Phi) is 6.06. The van der Waals surface area contributed by atoms with Crippen LogP contribution in [0.15, 0.2) is 12.1 Å². The zero-order valence-corrected chi connectivity index (χ0v) is 17.2. The lowest BCUT2D eigenvalue weighted by Crippen LogP contribution is -2.32. The molecule has 4 rings (SSSR count). The zero-order chi connectivity index (χ0) is 16.7.